The first-order valence-electron chi connectivity index (χ1n) is 7.87. The lowest BCUT2D eigenvalue weighted by molar-refractivity contribution is -0.129. The first-order chi connectivity index (χ1) is 10.5. The van der Waals surface area contributed by atoms with Gasteiger partial charge in [0.05, 0.1) is 0 Å². The lowest BCUT2D eigenvalue weighted by atomic mass is 9.79. The van der Waals surface area contributed by atoms with E-state index in [9.17, 15) is 9.59 Å². The second kappa shape index (κ2) is 6.08. The number of fused-ring (bicyclic) bond motifs is 1. The Morgan fingerprint density at radius 2 is 2.05 bits per heavy atom. The third-order valence-corrected chi connectivity index (χ3v) is 4.84. The van der Waals surface area contributed by atoms with Crippen LogP contribution in [0.4, 0.5) is 5.69 Å². The summed E-state index contributed by atoms with van der Waals surface area (Å²) in [6, 6.07) is 8.34. The maximum Gasteiger partial charge on any atom is 0.225 e. The van der Waals surface area contributed by atoms with Crippen molar-refractivity contribution in [3.63, 3.8) is 0 Å². The number of nitrogens with zero attached hydrogens (tertiary/aromatic N) is 1. The van der Waals surface area contributed by atoms with Crippen LogP contribution >= 0.6 is 0 Å². The number of anilines is 1. The fourth-order valence-corrected chi connectivity index (χ4v) is 3.28. The molecule has 118 valence electrons. The molecule has 1 heterocycles. The number of amides is 2. The molecular formula is C17H23N3O2. The van der Waals surface area contributed by atoms with Gasteiger partial charge in [0.15, 0.2) is 0 Å². The monoisotopic (exact) mass is 301 g/mol. The summed E-state index contributed by atoms with van der Waals surface area (Å²) >= 11 is 0. The van der Waals surface area contributed by atoms with Crippen molar-refractivity contribution in [2.75, 3.05) is 26.0 Å². The van der Waals surface area contributed by atoms with Crippen LogP contribution in [0.2, 0.25) is 0 Å². The van der Waals surface area contributed by atoms with Gasteiger partial charge < -0.3 is 15.5 Å². The molecule has 3 rings (SSSR count). The third kappa shape index (κ3) is 2.99. The average molecular weight is 301 g/mol. The van der Waals surface area contributed by atoms with Gasteiger partial charge in [-0.1, -0.05) is 18.2 Å². The van der Waals surface area contributed by atoms with Crippen LogP contribution in [0.25, 0.3) is 0 Å². The Kier molecular flexibility index (Phi) is 4.16. The summed E-state index contributed by atoms with van der Waals surface area (Å²) in [6.07, 6.45) is 2.30. The average Bonchev–Trinajstić information content (AvgIpc) is 2.42. The quantitative estimate of drug-likeness (QED) is 0.887. The number of benzene rings is 1. The van der Waals surface area contributed by atoms with Gasteiger partial charge in [0.25, 0.3) is 0 Å². The van der Waals surface area contributed by atoms with Crippen molar-refractivity contribution in [1.82, 2.24) is 10.2 Å². The molecule has 1 fully saturated rings. The van der Waals surface area contributed by atoms with Crippen molar-refractivity contribution in [2.24, 2.45) is 5.92 Å². The van der Waals surface area contributed by atoms with E-state index >= 15 is 0 Å². The van der Waals surface area contributed by atoms with E-state index in [1.807, 2.05) is 24.3 Å². The van der Waals surface area contributed by atoms with Crippen LogP contribution in [0.5, 0.6) is 0 Å². The van der Waals surface area contributed by atoms with Crippen molar-refractivity contribution in [3.05, 3.63) is 29.8 Å². The molecular weight excluding hydrogens is 278 g/mol. The third-order valence-electron chi connectivity index (χ3n) is 4.84. The molecule has 1 unspecified atom stereocenters. The highest BCUT2D eigenvalue weighted by atomic mass is 16.2. The fraction of sp³-hybridized carbons (Fsp3) is 0.529. The maximum atomic E-state index is 12.2. The molecule has 22 heavy (non-hydrogen) atoms. The van der Waals surface area contributed by atoms with Gasteiger partial charge in [-0.3, -0.25) is 9.59 Å². The first kappa shape index (κ1) is 15.0. The molecule has 0 radical (unpaired) electrons. The minimum Gasteiger partial charge on any atom is -0.355 e. The van der Waals surface area contributed by atoms with E-state index in [1.165, 1.54) is 0 Å². The predicted molar refractivity (Wildman–Crippen MR) is 85.6 cm³/mol. The Morgan fingerprint density at radius 1 is 1.32 bits per heavy atom. The highest BCUT2D eigenvalue weighted by Crippen LogP contribution is 2.33. The standard InChI is InChI=1S/C17H23N3O2/c1-20(2)13-7-11(8-13)17(22)18-10-12-9-16(21)19-15-6-4-3-5-14(12)15/h3-6,11-13H,7-10H2,1-2H3,(H,18,22)(H,19,21). The number of nitrogens with one attached hydrogen (secondary N) is 2. The first-order valence-corrected chi connectivity index (χ1v) is 7.87. The molecule has 5 nitrogen and oxygen atoms in total. The van der Waals surface area contributed by atoms with Crippen molar-refractivity contribution in [2.45, 2.75) is 31.2 Å². The molecule has 0 aromatic heterocycles. The molecule has 0 saturated heterocycles. The van der Waals surface area contributed by atoms with Crippen LogP contribution in [-0.4, -0.2) is 43.4 Å². The van der Waals surface area contributed by atoms with Crippen molar-refractivity contribution in [1.29, 1.82) is 0 Å². The molecule has 1 aliphatic heterocycles. The van der Waals surface area contributed by atoms with Crippen LogP contribution in [0.1, 0.15) is 30.7 Å². The zero-order chi connectivity index (χ0) is 15.7. The summed E-state index contributed by atoms with van der Waals surface area (Å²) in [7, 11) is 4.10. The van der Waals surface area contributed by atoms with Gasteiger partial charge in [0.1, 0.15) is 0 Å². The number of hydrogen-bond donors (Lipinski definition) is 2. The van der Waals surface area contributed by atoms with Gasteiger partial charge in [-0.25, -0.2) is 0 Å². The molecule has 5 heteroatoms. The van der Waals surface area contributed by atoms with E-state index < -0.39 is 0 Å². The van der Waals surface area contributed by atoms with Crippen molar-refractivity contribution < 1.29 is 9.59 Å². The van der Waals surface area contributed by atoms with Gasteiger partial charge in [-0.05, 0) is 38.6 Å². The molecule has 1 saturated carbocycles. The fourth-order valence-electron chi connectivity index (χ4n) is 3.28. The molecule has 1 atom stereocenters. The Labute approximate surface area is 131 Å². The molecule has 2 amide bonds. The SMILES string of the molecule is CN(C)C1CC(C(=O)NCC2CC(=O)Nc3ccccc32)C1. The van der Waals surface area contributed by atoms with Gasteiger partial charge in [0, 0.05) is 36.5 Å². The summed E-state index contributed by atoms with van der Waals surface area (Å²) in [5.41, 5.74) is 1.98. The number of hydrogen-bond acceptors (Lipinski definition) is 3. The van der Waals surface area contributed by atoms with Crippen LogP contribution < -0.4 is 10.6 Å². The number of carbonyl (C=O) groups excluding carboxylic acids is 2. The molecule has 2 N–H and O–H groups in total. The summed E-state index contributed by atoms with van der Waals surface area (Å²) in [6.45, 7) is 0.534. The highest BCUT2D eigenvalue weighted by Gasteiger charge is 2.36. The largest absolute Gasteiger partial charge is 0.355 e. The van der Waals surface area contributed by atoms with Gasteiger partial charge in [-0.2, -0.15) is 0 Å². The number of para-hydroxylation sites is 1. The summed E-state index contributed by atoms with van der Waals surface area (Å²) in [4.78, 5) is 26.1. The minimum atomic E-state index is 0.0225. The Bertz CT molecular complexity index is 579. The van der Waals surface area contributed by atoms with E-state index in [4.69, 9.17) is 0 Å². The van der Waals surface area contributed by atoms with E-state index in [0.717, 1.165) is 24.1 Å². The number of carbonyl (C=O) groups is 2. The van der Waals surface area contributed by atoms with Gasteiger partial charge in [0.2, 0.25) is 11.8 Å². The van der Waals surface area contributed by atoms with E-state index in [-0.39, 0.29) is 23.7 Å². The molecule has 1 aromatic rings. The lowest BCUT2D eigenvalue weighted by Crippen LogP contribution is -2.47. The van der Waals surface area contributed by atoms with Crippen LogP contribution in [-0.2, 0) is 9.59 Å². The highest BCUT2D eigenvalue weighted by molar-refractivity contribution is 5.94. The lowest BCUT2D eigenvalue weighted by Gasteiger charge is -2.38. The molecule has 1 aliphatic carbocycles. The van der Waals surface area contributed by atoms with Gasteiger partial charge >= 0.3 is 0 Å². The van der Waals surface area contributed by atoms with Crippen LogP contribution in [0.15, 0.2) is 24.3 Å². The van der Waals surface area contributed by atoms with E-state index in [0.29, 0.717) is 19.0 Å². The smallest absolute Gasteiger partial charge is 0.225 e. The van der Waals surface area contributed by atoms with E-state index in [2.05, 4.69) is 29.6 Å². The van der Waals surface area contributed by atoms with Crippen LogP contribution in [0.3, 0.4) is 0 Å². The minimum absolute atomic E-state index is 0.0225. The molecule has 1 aromatic carbocycles. The van der Waals surface area contributed by atoms with E-state index in [1.54, 1.807) is 0 Å². The predicted octanol–water partition coefficient (Wildman–Crippen LogP) is 1.57. The molecule has 0 bridgehead atoms. The Hall–Kier alpha value is -1.88. The second-order valence-electron chi connectivity index (χ2n) is 6.57. The summed E-state index contributed by atoms with van der Waals surface area (Å²) < 4.78 is 0. The zero-order valence-electron chi connectivity index (χ0n) is 13.1. The Morgan fingerprint density at radius 3 is 2.77 bits per heavy atom. The summed E-state index contributed by atoms with van der Waals surface area (Å²) in [5, 5.41) is 5.92. The van der Waals surface area contributed by atoms with Crippen LogP contribution in [0, 0.1) is 5.92 Å². The Balaban J connectivity index is 1.56. The maximum absolute atomic E-state index is 12.2. The van der Waals surface area contributed by atoms with Gasteiger partial charge in [-0.15, -0.1) is 0 Å². The van der Waals surface area contributed by atoms with Crippen molar-refractivity contribution >= 4 is 17.5 Å². The summed E-state index contributed by atoms with van der Waals surface area (Å²) in [5.74, 6) is 0.342. The normalized spacial score (nSPS) is 26.9. The molecule has 2 aliphatic rings. The topological polar surface area (TPSA) is 61.4 Å². The second-order valence-corrected chi connectivity index (χ2v) is 6.57. The van der Waals surface area contributed by atoms with Crippen molar-refractivity contribution in [3.8, 4) is 0 Å². The number of rotatable bonds is 4. The molecule has 0 spiro atoms. The zero-order valence-corrected chi connectivity index (χ0v) is 13.1.